The van der Waals surface area contributed by atoms with Gasteiger partial charge in [0.1, 0.15) is 5.75 Å². The molecular formula is C19H18N4O3. The lowest BCUT2D eigenvalue weighted by Crippen LogP contribution is -2.45. The fourth-order valence-electron chi connectivity index (χ4n) is 3.12. The first-order chi connectivity index (χ1) is 12.6. The van der Waals surface area contributed by atoms with Gasteiger partial charge in [0.05, 0.1) is 22.4 Å². The average molecular weight is 350 g/mol. The second-order valence-corrected chi connectivity index (χ2v) is 5.93. The van der Waals surface area contributed by atoms with Gasteiger partial charge in [0, 0.05) is 50.0 Å². The number of nitro groups is 1. The molecule has 1 aliphatic heterocycles. The molecule has 0 amide bonds. The molecule has 2 aromatic rings. The van der Waals surface area contributed by atoms with Crippen molar-refractivity contribution < 1.29 is 10.0 Å². The Hall–Kier alpha value is -3.53. The number of nitrogens with zero attached hydrogens (tertiary/aromatic N) is 4. The number of rotatable bonds is 4. The third-order valence-electron chi connectivity index (χ3n) is 4.40. The third-order valence-corrected chi connectivity index (χ3v) is 4.40. The summed E-state index contributed by atoms with van der Waals surface area (Å²) in [5, 5.41) is 30.2. The van der Waals surface area contributed by atoms with Crippen molar-refractivity contribution >= 4 is 17.1 Å². The lowest BCUT2D eigenvalue weighted by atomic mass is 10.1. The second-order valence-electron chi connectivity index (χ2n) is 5.93. The predicted molar refractivity (Wildman–Crippen MR) is 98.6 cm³/mol. The maximum Gasteiger partial charge on any atom is 0.270 e. The Morgan fingerprint density at radius 1 is 1.15 bits per heavy atom. The Labute approximate surface area is 151 Å². The molecule has 0 aromatic heterocycles. The van der Waals surface area contributed by atoms with E-state index in [9.17, 15) is 15.2 Å². The number of allylic oxidation sites excluding steroid dienone is 1. The Morgan fingerprint density at radius 2 is 1.88 bits per heavy atom. The summed E-state index contributed by atoms with van der Waals surface area (Å²) < 4.78 is 0. The third kappa shape index (κ3) is 3.59. The van der Waals surface area contributed by atoms with E-state index in [2.05, 4.69) is 4.90 Å². The van der Waals surface area contributed by atoms with Crippen LogP contribution in [-0.2, 0) is 0 Å². The van der Waals surface area contributed by atoms with Crippen LogP contribution in [-0.4, -0.2) is 41.1 Å². The molecule has 2 aromatic carbocycles. The summed E-state index contributed by atoms with van der Waals surface area (Å²) in [7, 11) is 0. The van der Waals surface area contributed by atoms with Crippen molar-refractivity contribution in [3.8, 4) is 11.8 Å². The van der Waals surface area contributed by atoms with Crippen molar-refractivity contribution in [3.05, 3.63) is 70.3 Å². The topological polar surface area (TPSA) is 93.6 Å². The largest absolute Gasteiger partial charge is 0.506 e. The van der Waals surface area contributed by atoms with Crippen molar-refractivity contribution in [2.75, 3.05) is 31.1 Å². The average Bonchev–Trinajstić information content (AvgIpc) is 2.67. The zero-order valence-electron chi connectivity index (χ0n) is 14.1. The van der Waals surface area contributed by atoms with Gasteiger partial charge in [0.2, 0.25) is 0 Å². The molecule has 7 heteroatoms. The standard InChI is InChI=1S/C19H18N4O3/c20-9-8-17(15-4-3-5-16(14-15)23(25)26)21-10-12-22(13-11-21)18-6-1-2-7-19(18)24/h1-8,14,24H,10-13H2/b17-8-. The van der Waals surface area contributed by atoms with E-state index in [-0.39, 0.29) is 11.4 Å². The highest BCUT2D eigenvalue weighted by Crippen LogP contribution is 2.29. The maximum atomic E-state index is 11.0. The molecule has 0 saturated carbocycles. The molecule has 7 nitrogen and oxygen atoms in total. The van der Waals surface area contributed by atoms with Crippen LogP contribution in [0.1, 0.15) is 5.56 Å². The number of benzene rings is 2. The number of hydrogen-bond donors (Lipinski definition) is 1. The molecule has 1 fully saturated rings. The monoisotopic (exact) mass is 350 g/mol. The quantitative estimate of drug-likeness (QED) is 0.517. The zero-order valence-corrected chi connectivity index (χ0v) is 14.1. The number of piperazine rings is 1. The van der Waals surface area contributed by atoms with Crippen molar-refractivity contribution in [2.45, 2.75) is 0 Å². The molecule has 26 heavy (non-hydrogen) atoms. The zero-order chi connectivity index (χ0) is 18.5. The van der Waals surface area contributed by atoms with Gasteiger partial charge in [-0.3, -0.25) is 10.1 Å². The van der Waals surface area contributed by atoms with Crippen LogP contribution in [0.5, 0.6) is 5.75 Å². The predicted octanol–water partition coefficient (Wildman–Crippen LogP) is 2.99. The highest BCUT2D eigenvalue weighted by Gasteiger charge is 2.22. The first-order valence-electron chi connectivity index (χ1n) is 8.22. The van der Waals surface area contributed by atoms with Gasteiger partial charge in [-0.1, -0.05) is 24.3 Å². The van der Waals surface area contributed by atoms with Crippen LogP contribution in [0.2, 0.25) is 0 Å². The molecule has 1 N–H and O–H groups in total. The molecule has 0 atom stereocenters. The lowest BCUT2D eigenvalue weighted by molar-refractivity contribution is -0.384. The highest BCUT2D eigenvalue weighted by molar-refractivity contribution is 5.68. The van der Waals surface area contributed by atoms with Crippen molar-refractivity contribution in [3.63, 3.8) is 0 Å². The SMILES string of the molecule is N#C/C=C(/c1cccc([N+](=O)[O-])c1)N1CCN(c2ccccc2O)CC1. The van der Waals surface area contributed by atoms with Crippen LogP contribution >= 0.6 is 0 Å². The van der Waals surface area contributed by atoms with Gasteiger partial charge in [0.25, 0.3) is 5.69 Å². The summed E-state index contributed by atoms with van der Waals surface area (Å²) in [5.74, 6) is 0.243. The Balaban J connectivity index is 1.79. The number of phenolic OH excluding ortho intramolecular Hbond substituents is 1. The molecule has 1 saturated heterocycles. The summed E-state index contributed by atoms with van der Waals surface area (Å²) in [4.78, 5) is 14.7. The summed E-state index contributed by atoms with van der Waals surface area (Å²) in [6.45, 7) is 2.64. The normalized spacial score (nSPS) is 14.8. The van der Waals surface area contributed by atoms with E-state index in [1.54, 1.807) is 24.3 Å². The summed E-state index contributed by atoms with van der Waals surface area (Å²) in [5.41, 5.74) is 2.11. The molecule has 1 aliphatic rings. The Kier molecular flexibility index (Phi) is 5.04. The number of aromatic hydroxyl groups is 1. The Morgan fingerprint density at radius 3 is 2.54 bits per heavy atom. The summed E-state index contributed by atoms with van der Waals surface area (Å²) >= 11 is 0. The minimum absolute atomic E-state index is 0.000756. The maximum absolute atomic E-state index is 11.0. The second kappa shape index (κ2) is 7.57. The van der Waals surface area contributed by atoms with E-state index >= 15 is 0 Å². The van der Waals surface area contributed by atoms with Crippen LogP contribution in [0.4, 0.5) is 11.4 Å². The molecule has 1 heterocycles. The number of hydrogen-bond acceptors (Lipinski definition) is 6. The van der Waals surface area contributed by atoms with Crippen molar-refractivity contribution in [1.29, 1.82) is 5.26 Å². The first-order valence-corrected chi connectivity index (χ1v) is 8.22. The minimum Gasteiger partial charge on any atom is -0.506 e. The van der Waals surface area contributed by atoms with Crippen LogP contribution in [0.3, 0.4) is 0 Å². The van der Waals surface area contributed by atoms with Gasteiger partial charge in [0.15, 0.2) is 0 Å². The number of phenols is 1. The summed E-state index contributed by atoms with van der Waals surface area (Å²) in [6, 6.07) is 15.5. The molecule has 0 bridgehead atoms. The van der Waals surface area contributed by atoms with Crippen LogP contribution < -0.4 is 4.90 Å². The van der Waals surface area contributed by atoms with E-state index in [0.29, 0.717) is 37.4 Å². The molecule has 0 radical (unpaired) electrons. The minimum atomic E-state index is -0.441. The molecular weight excluding hydrogens is 332 g/mol. The lowest BCUT2D eigenvalue weighted by Gasteiger charge is -2.38. The van der Waals surface area contributed by atoms with E-state index < -0.39 is 4.92 Å². The van der Waals surface area contributed by atoms with Crippen LogP contribution in [0, 0.1) is 21.4 Å². The van der Waals surface area contributed by atoms with Gasteiger partial charge >= 0.3 is 0 Å². The van der Waals surface area contributed by atoms with E-state index in [0.717, 1.165) is 5.69 Å². The van der Waals surface area contributed by atoms with Gasteiger partial charge in [-0.2, -0.15) is 5.26 Å². The summed E-state index contributed by atoms with van der Waals surface area (Å²) in [6.07, 6.45) is 1.43. The molecule has 132 valence electrons. The number of anilines is 1. The van der Waals surface area contributed by atoms with Crippen molar-refractivity contribution in [1.82, 2.24) is 4.90 Å². The van der Waals surface area contributed by atoms with Crippen molar-refractivity contribution in [2.24, 2.45) is 0 Å². The van der Waals surface area contributed by atoms with E-state index in [4.69, 9.17) is 5.26 Å². The molecule has 0 unspecified atom stereocenters. The highest BCUT2D eigenvalue weighted by atomic mass is 16.6. The first kappa shape index (κ1) is 17.3. The molecule has 0 aliphatic carbocycles. The molecule has 3 rings (SSSR count). The van der Waals surface area contributed by atoms with Gasteiger partial charge in [-0.25, -0.2) is 0 Å². The Bertz CT molecular complexity index is 880. The van der Waals surface area contributed by atoms with Crippen LogP contribution in [0.25, 0.3) is 5.70 Å². The number of non-ortho nitro benzene ring substituents is 1. The van der Waals surface area contributed by atoms with Gasteiger partial charge in [-0.05, 0) is 12.1 Å². The fourth-order valence-corrected chi connectivity index (χ4v) is 3.12. The van der Waals surface area contributed by atoms with Crippen LogP contribution in [0.15, 0.2) is 54.6 Å². The number of nitriles is 1. The van der Waals surface area contributed by atoms with E-state index in [1.807, 2.05) is 23.1 Å². The smallest absolute Gasteiger partial charge is 0.270 e. The van der Waals surface area contributed by atoms with Gasteiger partial charge in [-0.15, -0.1) is 0 Å². The van der Waals surface area contributed by atoms with E-state index in [1.165, 1.54) is 18.2 Å². The fraction of sp³-hybridized carbons (Fsp3) is 0.211. The number of nitro benzene ring substituents is 1. The van der Waals surface area contributed by atoms with Gasteiger partial charge < -0.3 is 14.9 Å². The molecule has 0 spiro atoms. The number of para-hydroxylation sites is 2.